The summed E-state index contributed by atoms with van der Waals surface area (Å²) < 4.78 is 0. The average molecular weight is 228 g/mol. The summed E-state index contributed by atoms with van der Waals surface area (Å²) in [6.07, 6.45) is 2.62. The van der Waals surface area contributed by atoms with Crippen molar-refractivity contribution in [2.24, 2.45) is 11.3 Å². The number of nitrogens with zero attached hydrogens (tertiary/aromatic N) is 1. The molecule has 0 aliphatic heterocycles. The lowest BCUT2D eigenvalue weighted by atomic mass is 9.84. The van der Waals surface area contributed by atoms with E-state index in [1.54, 1.807) is 0 Å². The lowest BCUT2D eigenvalue weighted by Crippen LogP contribution is -2.30. The predicted octanol–water partition coefficient (Wildman–Crippen LogP) is 2.99. The molecule has 0 amide bonds. The summed E-state index contributed by atoms with van der Waals surface area (Å²) >= 11 is 0. The zero-order valence-electron chi connectivity index (χ0n) is 12.3. The van der Waals surface area contributed by atoms with Gasteiger partial charge in [0.2, 0.25) is 0 Å². The molecule has 0 spiro atoms. The van der Waals surface area contributed by atoms with E-state index in [0.29, 0.717) is 5.41 Å². The molecule has 0 aromatic carbocycles. The Bertz CT molecular complexity index is 161. The zero-order valence-corrected chi connectivity index (χ0v) is 12.3. The summed E-state index contributed by atoms with van der Waals surface area (Å²) in [6.45, 7) is 16.1. The summed E-state index contributed by atoms with van der Waals surface area (Å²) in [4.78, 5) is 2.34. The summed E-state index contributed by atoms with van der Waals surface area (Å²) in [5.74, 6) is 0.830. The summed E-state index contributed by atoms with van der Waals surface area (Å²) in [7, 11) is 2.17. The van der Waals surface area contributed by atoms with Crippen molar-refractivity contribution in [2.75, 3.05) is 33.2 Å². The van der Waals surface area contributed by atoms with Crippen molar-refractivity contribution >= 4 is 0 Å². The van der Waals surface area contributed by atoms with E-state index in [0.717, 1.165) is 32.1 Å². The van der Waals surface area contributed by atoms with Gasteiger partial charge in [0.1, 0.15) is 0 Å². The molecule has 2 heteroatoms. The molecule has 0 radical (unpaired) electrons. The fourth-order valence-electron chi connectivity index (χ4n) is 2.05. The number of rotatable bonds is 8. The van der Waals surface area contributed by atoms with Crippen LogP contribution in [0.3, 0.4) is 0 Å². The smallest absolute Gasteiger partial charge is 0.0104 e. The van der Waals surface area contributed by atoms with E-state index < -0.39 is 0 Å². The Hall–Kier alpha value is -0.0800. The van der Waals surface area contributed by atoms with Crippen LogP contribution < -0.4 is 5.32 Å². The topological polar surface area (TPSA) is 15.3 Å². The third kappa shape index (κ3) is 10.4. The zero-order chi connectivity index (χ0) is 12.6. The summed E-state index contributed by atoms with van der Waals surface area (Å²) in [5.41, 5.74) is 0.474. The largest absolute Gasteiger partial charge is 0.315 e. The number of hydrogen-bond donors (Lipinski definition) is 1. The monoisotopic (exact) mass is 228 g/mol. The molecular formula is C14H32N2. The molecule has 0 saturated heterocycles. The Morgan fingerprint density at radius 1 is 1.19 bits per heavy atom. The second kappa shape index (κ2) is 8.08. The molecule has 0 bridgehead atoms. The van der Waals surface area contributed by atoms with Crippen LogP contribution in [0.1, 0.15) is 47.5 Å². The lowest BCUT2D eigenvalue weighted by Gasteiger charge is -2.23. The Labute approximate surface area is 103 Å². The van der Waals surface area contributed by atoms with Crippen LogP contribution in [0.5, 0.6) is 0 Å². The molecule has 2 nitrogen and oxygen atoms in total. The Kier molecular flexibility index (Phi) is 8.04. The molecule has 1 unspecified atom stereocenters. The molecule has 0 aliphatic rings. The van der Waals surface area contributed by atoms with Gasteiger partial charge in [-0.05, 0) is 44.3 Å². The van der Waals surface area contributed by atoms with Gasteiger partial charge in [0, 0.05) is 13.1 Å². The SMILES string of the molecule is CCN(C)CCNCCC(C)CC(C)(C)C. The highest BCUT2D eigenvalue weighted by atomic mass is 15.1. The number of likely N-dealkylation sites (N-methyl/N-ethyl adjacent to an activating group) is 1. The number of nitrogens with one attached hydrogen (secondary N) is 1. The van der Waals surface area contributed by atoms with Crippen LogP contribution >= 0.6 is 0 Å². The van der Waals surface area contributed by atoms with Crippen molar-refractivity contribution in [1.29, 1.82) is 0 Å². The van der Waals surface area contributed by atoms with Gasteiger partial charge in [0.15, 0.2) is 0 Å². The van der Waals surface area contributed by atoms with E-state index in [9.17, 15) is 0 Å². The molecule has 0 saturated carbocycles. The Morgan fingerprint density at radius 3 is 2.31 bits per heavy atom. The lowest BCUT2D eigenvalue weighted by molar-refractivity contribution is 0.292. The second-order valence-electron chi connectivity index (χ2n) is 6.30. The summed E-state index contributed by atoms with van der Waals surface area (Å²) in [5, 5.41) is 3.53. The highest BCUT2D eigenvalue weighted by Crippen LogP contribution is 2.25. The van der Waals surface area contributed by atoms with E-state index in [1.165, 1.54) is 12.8 Å². The molecule has 1 atom stereocenters. The molecular weight excluding hydrogens is 196 g/mol. The van der Waals surface area contributed by atoms with E-state index in [-0.39, 0.29) is 0 Å². The van der Waals surface area contributed by atoms with Crippen molar-refractivity contribution in [3.05, 3.63) is 0 Å². The van der Waals surface area contributed by atoms with Gasteiger partial charge in [-0.15, -0.1) is 0 Å². The molecule has 0 rings (SSSR count). The number of hydrogen-bond acceptors (Lipinski definition) is 2. The van der Waals surface area contributed by atoms with E-state index in [1.807, 2.05) is 0 Å². The molecule has 1 N–H and O–H groups in total. The van der Waals surface area contributed by atoms with Gasteiger partial charge in [0.25, 0.3) is 0 Å². The van der Waals surface area contributed by atoms with Crippen LogP contribution in [0.2, 0.25) is 0 Å². The molecule has 0 aliphatic carbocycles. The van der Waals surface area contributed by atoms with Crippen molar-refractivity contribution in [3.63, 3.8) is 0 Å². The summed E-state index contributed by atoms with van der Waals surface area (Å²) in [6, 6.07) is 0. The van der Waals surface area contributed by atoms with Crippen LogP contribution in [-0.4, -0.2) is 38.1 Å². The van der Waals surface area contributed by atoms with E-state index in [4.69, 9.17) is 0 Å². The molecule has 16 heavy (non-hydrogen) atoms. The van der Waals surface area contributed by atoms with Crippen LogP contribution in [0, 0.1) is 11.3 Å². The highest BCUT2D eigenvalue weighted by molar-refractivity contribution is 4.67. The fourth-order valence-corrected chi connectivity index (χ4v) is 2.05. The first kappa shape index (κ1) is 15.9. The first-order valence-electron chi connectivity index (χ1n) is 6.74. The fraction of sp³-hybridized carbons (Fsp3) is 1.00. The maximum Gasteiger partial charge on any atom is 0.0104 e. The quantitative estimate of drug-likeness (QED) is 0.643. The molecule has 0 heterocycles. The first-order chi connectivity index (χ1) is 7.35. The van der Waals surface area contributed by atoms with Gasteiger partial charge >= 0.3 is 0 Å². The molecule has 0 aromatic rings. The minimum Gasteiger partial charge on any atom is -0.315 e. The van der Waals surface area contributed by atoms with Gasteiger partial charge < -0.3 is 10.2 Å². The van der Waals surface area contributed by atoms with Crippen LogP contribution in [-0.2, 0) is 0 Å². The van der Waals surface area contributed by atoms with Crippen molar-refractivity contribution in [3.8, 4) is 0 Å². The van der Waals surface area contributed by atoms with Gasteiger partial charge in [-0.3, -0.25) is 0 Å². The standard InChI is InChI=1S/C14H32N2/c1-7-16(6)11-10-15-9-8-13(2)12-14(3,4)5/h13,15H,7-12H2,1-6H3. The normalized spacial score (nSPS) is 14.4. The molecule has 98 valence electrons. The maximum atomic E-state index is 3.53. The van der Waals surface area contributed by atoms with Crippen LogP contribution in [0.25, 0.3) is 0 Å². The third-order valence-corrected chi connectivity index (χ3v) is 2.98. The third-order valence-electron chi connectivity index (χ3n) is 2.98. The van der Waals surface area contributed by atoms with Gasteiger partial charge in [-0.2, -0.15) is 0 Å². The maximum absolute atomic E-state index is 3.53. The van der Waals surface area contributed by atoms with Crippen LogP contribution in [0.4, 0.5) is 0 Å². The molecule has 0 fully saturated rings. The minimum atomic E-state index is 0.474. The molecule has 0 aromatic heterocycles. The van der Waals surface area contributed by atoms with Crippen molar-refractivity contribution in [2.45, 2.75) is 47.5 Å². The minimum absolute atomic E-state index is 0.474. The highest BCUT2D eigenvalue weighted by Gasteiger charge is 2.14. The van der Waals surface area contributed by atoms with E-state index in [2.05, 4.69) is 51.9 Å². The Morgan fingerprint density at radius 2 is 1.81 bits per heavy atom. The van der Waals surface area contributed by atoms with Gasteiger partial charge in [-0.1, -0.05) is 34.6 Å². The van der Waals surface area contributed by atoms with E-state index >= 15 is 0 Å². The average Bonchev–Trinajstić information content (AvgIpc) is 2.14. The Balaban J connectivity index is 3.38. The van der Waals surface area contributed by atoms with Crippen molar-refractivity contribution < 1.29 is 0 Å². The first-order valence-corrected chi connectivity index (χ1v) is 6.74. The van der Waals surface area contributed by atoms with Crippen molar-refractivity contribution in [1.82, 2.24) is 10.2 Å². The second-order valence-corrected chi connectivity index (χ2v) is 6.30. The van der Waals surface area contributed by atoms with Gasteiger partial charge in [0.05, 0.1) is 0 Å². The van der Waals surface area contributed by atoms with Gasteiger partial charge in [-0.25, -0.2) is 0 Å². The van der Waals surface area contributed by atoms with Crippen LogP contribution in [0.15, 0.2) is 0 Å². The predicted molar refractivity (Wildman–Crippen MR) is 73.9 cm³/mol.